The number of aliphatic carboxylic acids is 1. The Labute approximate surface area is 178 Å². The lowest BCUT2D eigenvalue weighted by molar-refractivity contribution is -0.155. The molecule has 1 aromatic rings. The van der Waals surface area contributed by atoms with Gasteiger partial charge in [-0.1, -0.05) is 18.8 Å². The third kappa shape index (κ3) is 5.73. The predicted molar refractivity (Wildman–Crippen MR) is 113 cm³/mol. The number of carbonyl (C=O) groups is 1. The van der Waals surface area contributed by atoms with E-state index >= 15 is 0 Å². The zero-order valence-electron chi connectivity index (χ0n) is 18.0. The number of rotatable bonds is 7. The topological polar surface area (TPSA) is 96.4 Å². The first-order valence-corrected chi connectivity index (χ1v) is 11.3. The average Bonchev–Trinajstić information content (AvgIpc) is 2.69. The summed E-state index contributed by atoms with van der Waals surface area (Å²) in [6, 6.07) is 4.75. The summed E-state index contributed by atoms with van der Waals surface area (Å²) in [5.74, 6) is 5.29. The van der Waals surface area contributed by atoms with Crippen LogP contribution in [0.3, 0.4) is 0 Å². The number of hydrogen-bond acceptors (Lipinski definition) is 6. The van der Waals surface area contributed by atoms with Gasteiger partial charge in [-0.3, -0.25) is 9.69 Å². The quantitative estimate of drug-likeness (QED) is 0.647. The third-order valence-electron chi connectivity index (χ3n) is 5.10. The van der Waals surface area contributed by atoms with Gasteiger partial charge in [0.15, 0.2) is 0 Å². The Bertz CT molecular complexity index is 890. The highest BCUT2D eigenvalue weighted by Gasteiger charge is 2.44. The molecule has 1 saturated heterocycles. The average molecular weight is 439 g/mol. The summed E-state index contributed by atoms with van der Waals surface area (Å²) >= 11 is 0. The maximum absolute atomic E-state index is 13.1. The van der Waals surface area contributed by atoms with Crippen molar-refractivity contribution in [1.82, 2.24) is 9.21 Å². The van der Waals surface area contributed by atoms with Crippen LogP contribution >= 0.6 is 0 Å². The van der Waals surface area contributed by atoms with E-state index in [1.54, 1.807) is 26.0 Å². The van der Waals surface area contributed by atoms with E-state index in [-0.39, 0.29) is 24.1 Å². The standard InChI is InChI=1S/C21H30N2O6S/c1-6-22(5)15(2)8-7-13-28-18-9-11-19(12-10-18)30(26,27)23-14-16(3)29-17(4)20(23)21(24)25/h9-12,15-17,20H,6,13-14H2,1-5H3,(H,24,25). The molecule has 0 saturated carbocycles. The van der Waals surface area contributed by atoms with Crippen LogP contribution < -0.4 is 4.74 Å². The van der Waals surface area contributed by atoms with Gasteiger partial charge in [0.05, 0.1) is 23.1 Å². The van der Waals surface area contributed by atoms with Crippen LogP contribution in [0.4, 0.5) is 0 Å². The first-order chi connectivity index (χ1) is 14.1. The first-order valence-electron chi connectivity index (χ1n) is 9.89. The summed E-state index contributed by atoms with van der Waals surface area (Å²) < 4.78 is 38.2. The molecule has 166 valence electrons. The third-order valence-corrected chi connectivity index (χ3v) is 6.97. The Morgan fingerprint density at radius 3 is 2.57 bits per heavy atom. The van der Waals surface area contributed by atoms with Crippen molar-refractivity contribution in [2.45, 2.75) is 56.9 Å². The highest BCUT2D eigenvalue weighted by atomic mass is 32.2. The highest BCUT2D eigenvalue weighted by molar-refractivity contribution is 7.89. The van der Waals surface area contributed by atoms with Gasteiger partial charge in [-0.2, -0.15) is 4.31 Å². The second-order valence-corrected chi connectivity index (χ2v) is 9.23. The first kappa shape index (κ1) is 24.2. The number of morpholine rings is 1. The van der Waals surface area contributed by atoms with Gasteiger partial charge >= 0.3 is 5.97 Å². The molecule has 1 aromatic carbocycles. The predicted octanol–water partition coefficient (Wildman–Crippen LogP) is 1.66. The smallest absolute Gasteiger partial charge is 0.324 e. The van der Waals surface area contributed by atoms with Crippen molar-refractivity contribution in [2.24, 2.45) is 0 Å². The number of carboxylic acids is 1. The van der Waals surface area contributed by atoms with E-state index in [0.29, 0.717) is 5.75 Å². The maximum Gasteiger partial charge on any atom is 0.324 e. The summed E-state index contributed by atoms with van der Waals surface area (Å²) in [7, 11) is -2.01. The van der Waals surface area contributed by atoms with Gasteiger partial charge in [-0.15, -0.1) is 0 Å². The Morgan fingerprint density at radius 2 is 2.00 bits per heavy atom. The van der Waals surface area contributed by atoms with E-state index in [9.17, 15) is 18.3 Å². The van der Waals surface area contributed by atoms with E-state index in [2.05, 4.69) is 23.7 Å². The summed E-state index contributed by atoms with van der Waals surface area (Å²) in [6.07, 6.45) is -1.16. The lowest BCUT2D eigenvalue weighted by atomic mass is 10.1. The summed E-state index contributed by atoms with van der Waals surface area (Å²) in [5, 5.41) is 9.51. The Kier molecular flexibility index (Phi) is 8.26. The lowest BCUT2D eigenvalue weighted by Gasteiger charge is -2.39. The lowest BCUT2D eigenvalue weighted by Crippen LogP contribution is -2.58. The Balaban J connectivity index is 2.11. The zero-order chi connectivity index (χ0) is 22.5. The van der Waals surface area contributed by atoms with Gasteiger partial charge in [-0.05, 0) is 58.6 Å². The van der Waals surface area contributed by atoms with E-state index in [1.807, 2.05) is 14.0 Å². The molecule has 30 heavy (non-hydrogen) atoms. The molecule has 1 aliphatic rings. The largest absolute Gasteiger partial charge is 0.481 e. The second-order valence-electron chi connectivity index (χ2n) is 7.34. The van der Waals surface area contributed by atoms with Gasteiger partial charge < -0.3 is 14.6 Å². The normalized spacial score (nSPS) is 23.5. The van der Waals surface area contributed by atoms with Crippen LogP contribution in [0.5, 0.6) is 5.75 Å². The molecule has 1 heterocycles. The molecule has 0 spiro atoms. The number of hydrogen-bond donors (Lipinski definition) is 1. The summed E-state index contributed by atoms with van der Waals surface area (Å²) in [5.41, 5.74) is 0. The van der Waals surface area contributed by atoms with Crippen molar-refractivity contribution in [2.75, 3.05) is 26.7 Å². The molecule has 0 aliphatic carbocycles. The van der Waals surface area contributed by atoms with Crippen LogP contribution in [0.2, 0.25) is 0 Å². The van der Waals surface area contributed by atoms with Crippen LogP contribution in [0.25, 0.3) is 0 Å². The molecule has 0 aromatic heterocycles. The van der Waals surface area contributed by atoms with Crippen molar-refractivity contribution in [3.63, 3.8) is 0 Å². The van der Waals surface area contributed by atoms with Crippen LogP contribution in [-0.4, -0.2) is 79.7 Å². The van der Waals surface area contributed by atoms with E-state index in [0.717, 1.165) is 10.8 Å². The molecule has 0 amide bonds. The van der Waals surface area contributed by atoms with Crippen molar-refractivity contribution in [3.8, 4) is 17.6 Å². The zero-order valence-corrected chi connectivity index (χ0v) is 18.8. The van der Waals surface area contributed by atoms with Gasteiger partial charge in [0.2, 0.25) is 10.0 Å². The van der Waals surface area contributed by atoms with E-state index in [4.69, 9.17) is 9.47 Å². The molecule has 1 fully saturated rings. The molecule has 4 atom stereocenters. The minimum Gasteiger partial charge on any atom is -0.481 e. The fourth-order valence-electron chi connectivity index (χ4n) is 3.19. The molecule has 9 heteroatoms. The molecule has 1 aliphatic heterocycles. The fourth-order valence-corrected chi connectivity index (χ4v) is 4.91. The number of benzene rings is 1. The number of ether oxygens (including phenoxy) is 2. The minimum absolute atomic E-state index is 0.00618. The van der Waals surface area contributed by atoms with Gasteiger partial charge in [0.1, 0.15) is 18.4 Å². The van der Waals surface area contributed by atoms with Crippen molar-refractivity contribution in [1.29, 1.82) is 0 Å². The molecular formula is C21H30N2O6S. The van der Waals surface area contributed by atoms with Gasteiger partial charge in [-0.25, -0.2) is 8.42 Å². The van der Waals surface area contributed by atoms with E-state index in [1.165, 1.54) is 12.1 Å². The van der Waals surface area contributed by atoms with Gasteiger partial charge in [0.25, 0.3) is 0 Å². The van der Waals surface area contributed by atoms with Crippen molar-refractivity contribution in [3.05, 3.63) is 24.3 Å². The van der Waals surface area contributed by atoms with E-state index < -0.39 is 34.2 Å². The SMILES string of the molecule is CCN(C)C(C)C#CCOc1ccc(S(=O)(=O)N2CC(C)OC(C)C2C(=O)O)cc1. The Hall–Kier alpha value is -2.12. The monoisotopic (exact) mass is 438 g/mol. The van der Waals surface area contributed by atoms with Crippen LogP contribution in [0, 0.1) is 11.8 Å². The number of carboxylic acid groups (broad SMARTS) is 1. The second kappa shape index (κ2) is 10.3. The summed E-state index contributed by atoms with van der Waals surface area (Å²) in [4.78, 5) is 13.8. The molecular weight excluding hydrogens is 408 g/mol. The molecule has 1 N–H and O–H groups in total. The molecule has 8 nitrogen and oxygen atoms in total. The van der Waals surface area contributed by atoms with Crippen molar-refractivity contribution < 1.29 is 27.8 Å². The molecule has 0 bridgehead atoms. The van der Waals surface area contributed by atoms with Gasteiger partial charge in [0, 0.05) is 6.54 Å². The summed E-state index contributed by atoms with van der Waals surface area (Å²) in [6.45, 7) is 8.41. The maximum atomic E-state index is 13.1. The molecule has 4 unspecified atom stereocenters. The number of nitrogens with zero attached hydrogens (tertiary/aromatic N) is 2. The number of sulfonamides is 1. The highest BCUT2D eigenvalue weighted by Crippen LogP contribution is 2.27. The minimum atomic E-state index is -4.00. The van der Waals surface area contributed by atoms with Crippen LogP contribution in [-0.2, 0) is 19.6 Å². The van der Waals surface area contributed by atoms with Crippen LogP contribution in [0.1, 0.15) is 27.7 Å². The fraction of sp³-hybridized carbons (Fsp3) is 0.571. The molecule has 2 rings (SSSR count). The Morgan fingerprint density at radius 1 is 1.37 bits per heavy atom. The van der Waals surface area contributed by atoms with Crippen molar-refractivity contribution >= 4 is 16.0 Å². The molecule has 0 radical (unpaired) electrons. The van der Waals surface area contributed by atoms with Crippen LogP contribution in [0.15, 0.2) is 29.2 Å².